The molecule has 0 bridgehead atoms. The maximum Gasteiger partial charge on any atom is 0.00950 e. The van der Waals surface area contributed by atoms with Crippen molar-refractivity contribution >= 4 is 0 Å². The topological polar surface area (TPSA) is 15.3 Å². The lowest BCUT2D eigenvalue weighted by Crippen LogP contribution is -2.37. The van der Waals surface area contributed by atoms with Gasteiger partial charge in [-0.3, -0.25) is 0 Å². The highest BCUT2D eigenvalue weighted by Gasteiger charge is 2.22. The van der Waals surface area contributed by atoms with Gasteiger partial charge in [0.1, 0.15) is 0 Å². The van der Waals surface area contributed by atoms with Crippen LogP contribution in [0.25, 0.3) is 0 Å². The molecule has 16 heavy (non-hydrogen) atoms. The molecule has 0 radical (unpaired) electrons. The van der Waals surface area contributed by atoms with Crippen LogP contribution < -0.4 is 5.32 Å². The summed E-state index contributed by atoms with van der Waals surface area (Å²) in [6.45, 7) is 7.98. The first kappa shape index (κ1) is 14.0. The fourth-order valence-corrected chi connectivity index (χ4v) is 2.66. The van der Waals surface area contributed by atoms with E-state index < -0.39 is 0 Å². The highest BCUT2D eigenvalue weighted by molar-refractivity contribution is 4.78. The number of rotatable bonds is 7. The first-order chi connectivity index (χ1) is 7.61. The fraction of sp³-hybridized carbons (Fsp3) is 1.00. The van der Waals surface area contributed by atoms with Crippen molar-refractivity contribution in [2.45, 2.75) is 77.4 Å². The predicted octanol–water partition coefficient (Wildman–Crippen LogP) is 3.03. The summed E-state index contributed by atoms with van der Waals surface area (Å²) in [6, 6.07) is 2.24. The van der Waals surface area contributed by atoms with E-state index in [-0.39, 0.29) is 0 Å². The molecule has 1 rings (SSSR count). The maximum absolute atomic E-state index is 3.49. The van der Waals surface area contributed by atoms with E-state index in [2.05, 4.69) is 38.0 Å². The van der Waals surface area contributed by atoms with Gasteiger partial charge in [-0.05, 0) is 46.2 Å². The van der Waals surface area contributed by atoms with Crippen molar-refractivity contribution in [3.8, 4) is 0 Å². The molecule has 0 aromatic rings. The molecule has 0 aromatic heterocycles. The summed E-state index contributed by atoms with van der Waals surface area (Å²) in [7, 11) is 2.32. The van der Waals surface area contributed by atoms with Crippen LogP contribution in [0, 0.1) is 0 Å². The van der Waals surface area contributed by atoms with Crippen LogP contribution in [-0.2, 0) is 0 Å². The molecule has 0 aliphatic heterocycles. The van der Waals surface area contributed by atoms with E-state index >= 15 is 0 Å². The second-order valence-corrected chi connectivity index (χ2v) is 5.70. The smallest absolute Gasteiger partial charge is 0.00950 e. The molecule has 2 nitrogen and oxygen atoms in total. The summed E-state index contributed by atoms with van der Waals surface area (Å²) in [4.78, 5) is 2.61. The SMILES string of the molecule is CC(C)NCCCC(C)N(C)C1CCCC1. The Morgan fingerprint density at radius 1 is 1.19 bits per heavy atom. The van der Waals surface area contributed by atoms with Crippen molar-refractivity contribution in [1.82, 2.24) is 10.2 Å². The van der Waals surface area contributed by atoms with Gasteiger partial charge in [0.2, 0.25) is 0 Å². The second kappa shape index (κ2) is 7.29. The Bertz CT molecular complexity index is 174. The average molecular weight is 226 g/mol. The third kappa shape index (κ3) is 4.84. The van der Waals surface area contributed by atoms with E-state index in [4.69, 9.17) is 0 Å². The summed E-state index contributed by atoms with van der Waals surface area (Å²) in [6.07, 6.45) is 8.35. The standard InChI is InChI=1S/C14H30N2/c1-12(2)15-11-7-8-13(3)16(4)14-9-5-6-10-14/h12-15H,5-11H2,1-4H3. The third-order valence-corrected chi connectivity index (χ3v) is 3.95. The normalized spacial score (nSPS) is 19.9. The molecule has 1 atom stereocenters. The number of nitrogens with zero attached hydrogens (tertiary/aromatic N) is 1. The lowest BCUT2D eigenvalue weighted by molar-refractivity contribution is 0.176. The first-order valence-electron chi connectivity index (χ1n) is 7.06. The van der Waals surface area contributed by atoms with Gasteiger partial charge in [0.05, 0.1) is 0 Å². The van der Waals surface area contributed by atoms with E-state index in [0.29, 0.717) is 6.04 Å². The number of hydrogen-bond acceptors (Lipinski definition) is 2. The monoisotopic (exact) mass is 226 g/mol. The molecular formula is C14H30N2. The minimum Gasteiger partial charge on any atom is -0.315 e. The van der Waals surface area contributed by atoms with Gasteiger partial charge in [-0.2, -0.15) is 0 Å². The summed E-state index contributed by atoms with van der Waals surface area (Å²) in [5.74, 6) is 0. The molecule has 1 aliphatic carbocycles. The van der Waals surface area contributed by atoms with Gasteiger partial charge in [-0.15, -0.1) is 0 Å². The molecular weight excluding hydrogens is 196 g/mol. The Morgan fingerprint density at radius 2 is 1.81 bits per heavy atom. The summed E-state index contributed by atoms with van der Waals surface area (Å²) in [5.41, 5.74) is 0. The quantitative estimate of drug-likeness (QED) is 0.671. The number of hydrogen-bond donors (Lipinski definition) is 1. The highest BCUT2D eigenvalue weighted by Crippen LogP contribution is 2.24. The molecule has 1 unspecified atom stereocenters. The fourth-order valence-electron chi connectivity index (χ4n) is 2.66. The number of nitrogens with one attached hydrogen (secondary N) is 1. The van der Waals surface area contributed by atoms with E-state index in [1.807, 2.05) is 0 Å². The minimum absolute atomic E-state index is 0.628. The molecule has 1 aliphatic rings. The predicted molar refractivity (Wildman–Crippen MR) is 71.9 cm³/mol. The van der Waals surface area contributed by atoms with Gasteiger partial charge in [0, 0.05) is 18.1 Å². The van der Waals surface area contributed by atoms with Crippen molar-refractivity contribution in [2.75, 3.05) is 13.6 Å². The van der Waals surface area contributed by atoms with Crippen LogP contribution in [0.5, 0.6) is 0 Å². The van der Waals surface area contributed by atoms with Gasteiger partial charge in [-0.1, -0.05) is 26.7 Å². The Morgan fingerprint density at radius 3 is 2.38 bits per heavy atom. The van der Waals surface area contributed by atoms with Gasteiger partial charge in [0.15, 0.2) is 0 Å². The van der Waals surface area contributed by atoms with Crippen molar-refractivity contribution in [3.05, 3.63) is 0 Å². The Labute approximate surface area is 102 Å². The van der Waals surface area contributed by atoms with Crippen LogP contribution in [0.15, 0.2) is 0 Å². The Hall–Kier alpha value is -0.0800. The average Bonchev–Trinajstić information content (AvgIpc) is 2.76. The zero-order valence-corrected chi connectivity index (χ0v) is 11.6. The molecule has 2 heteroatoms. The Balaban J connectivity index is 2.10. The van der Waals surface area contributed by atoms with Crippen LogP contribution in [0.3, 0.4) is 0 Å². The maximum atomic E-state index is 3.49. The van der Waals surface area contributed by atoms with Gasteiger partial charge < -0.3 is 10.2 Å². The summed E-state index contributed by atoms with van der Waals surface area (Å²) in [5, 5.41) is 3.49. The molecule has 0 spiro atoms. The first-order valence-corrected chi connectivity index (χ1v) is 7.06. The van der Waals surface area contributed by atoms with Crippen molar-refractivity contribution < 1.29 is 0 Å². The zero-order chi connectivity index (χ0) is 12.0. The van der Waals surface area contributed by atoms with Crippen molar-refractivity contribution in [2.24, 2.45) is 0 Å². The van der Waals surface area contributed by atoms with E-state index in [9.17, 15) is 0 Å². The Kier molecular flexibility index (Phi) is 6.37. The molecule has 1 N–H and O–H groups in total. The molecule has 96 valence electrons. The molecule has 0 amide bonds. The van der Waals surface area contributed by atoms with Crippen LogP contribution in [0.1, 0.15) is 59.3 Å². The summed E-state index contributed by atoms with van der Waals surface area (Å²) < 4.78 is 0. The van der Waals surface area contributed by atoms with Crippen LogP contribution in [0.2, 0.25) is 0 Å². The van der Waals surface area contributed by atoms with Crippen molar-refractivity contribution in [3.63, 3.8) is 0 Å². The van der Waals surface area contributed by atoms with E-state index in [1.165, 1.54) is 45.1 Å². The second-order valence-electron chi connectivity index (χ2n) is 5.70. The third-order valence-electron chi connectivity index (χ3n) is 3.95. The molecule has 1 saturated carbocycles. The van der Waals surface area contributed by atoms with E-state index in [0.717, 1.165) is 12.1 Å². The lowest BCUT2D eigenvalue weighted by Gasteiger charge is -2.30. The molecule has 1 fully saturated rings. The molecule has 0 aromatic carbocycles. The van der Waals surface area contributed by atoms with E-state index in [1.54, 1.807) is 0 Å². The van der Waals surface area contributed by atoms with Crippen LogP contribution in [0.4, 0.5) is 0 Å². The zero-order valence-electron chi connectivity index (χ0n) is 11.6. The van der Waals surface area contributed by atoms with Gasteiger partial charge >= 0.3 is 0 Å². The van der Waals surface area contributed by atoms with Crippen LogP contribution in [-0.4, -0.2) is 36.6 Å². The largest absolute Gasteiger partial charge is 0.315 e. The van der Waals surface area contributed by atoms with Gasteiger partial charge in [-0.25, -0.2) is 0 Å². The minimum atomic E-state index is 0.628. The highest BCUT2D eigenvalue weighted by atomic mass is 15.2. The molecule has 0 saturated heterocycles. The lowest BCUT2D eigenvalue weighted by atomic mass is 10.1. The molecule has 0 heterocycles. The van der Waals surface area contributed by atoms with Gasteiger partial charge in [0.25, 0.3) is 0 Å². The van der Waals surface area contributed by atoms with Crippen molar-refractivity contribution in [1.29, 1.82) is 0 Å². The summed E-state index contributed by atoms with van der Waals surface area (Å²) >= 11 is 0. The van der Waals surface area contributed by atoms with Crippen LogP contribution >= 0.6 is 0 Å².